The van der Waals surface area contributed by atoms with Gasteiger partial charge in [0.1, 0.15) is 17.1 Å². The fourth-order valence-electron chi connectivity index (χ4n) is 3.56. The van der Waals surface area contributed by atoms with Crippen LogP contribution >= 0.6 is 0 Å². The number of halogens is 1. The van der Waals surface area contributed by atoms with Crippen LogP contribution in [0.2, 0.25) is 0 Å². The van der Waals surface area contributed by atoms with Gasteiger partial charge in [-0.05, 0) is 18.6 Å². The molecular weight excluding hydrogens is 345 g/mol. The second kappa shape index (κ2) is 7.23. The molecule has 0 atom stereocenters. The highest BCUT2D eigenvalue weighted by Crippen LogP contribution is 2.28. The van der Waals surface area contributed by atoms with Gasteiger partial charge in [0.2, 0.25) is 0 Å². The first kappa shape index (κ1) is 17.3. The van der Waals surface area contributed by atoms with Crippen LogP contribution < -0.4 is 4.74 Å². The zero-order valence-corrected chi connectivity index (χ0v) is 15.0. The van der Waals surface area contributed by atoms with Crippen LogP contribution in [0.4, 0.5) is 4.39 Å². The number of ether oxygens (including phenoxy) is 1. The zero-order valence-electron chi connectivity index (χ0n) is 15.0. The van der Waals surface area contributed by atoms with E-state index < -0.39 is 5.82 Å². The summed E-state index contributed by atoms with van der Waals surface area (Å²) in [6, 6.07) is 14.4. The number of benzene rings is 2. The van der Waals surface area contributed by atoms with Gasteiger partial charge in [0.05, 0.1) is 12.8 Å². The first-order valence-corrected chi connectivity index (χ1v) is 8.92. The van der Waals surface area contributed by atoms with Gasteiger partial charge < -0.3 is 9.64 Å². The number of hydrogen-bond acceptors (Lipinski definition) is 3. The van der Waals surface area contributed by atoms with Crippen molar-refractivity contribution in [2.24, 2.45) is 0 Å². The lowest BCUT2D eigenvalue weighted by Crippen LogP contribution is -2.34. The van der Waals surface area contributed by atoms with Crippen LogP contribution in [0.25, 0.3) is 11.3 Å². The van der Waals surface area contributed by atoms with Gasteiger partial charge in [-0.2, -0.15) is 5.10 Å². The summed E-state index contributed by atoms with van der Waals surface area (Å²) in [7, 11) is 1.44. The van der Waals surface area contributed by atoms with Crippen molar-refractivity contribution in [2.75, 3.05) is 20.2 Å². The molecule has 1 N–H and O–H groups in total. The Kier molecular flexibility index (Phi) is 4.62. The fourth-order valence-corrected chi connectivity index (χ4v) is 3.56. The van der Waals surface area contributed by atoms with Crippen molar-refractivity contribution < 1.29 is 13.9 Å². The van der Waals surface area contributed by atoms with Crippen molar-refractivity contribution >= 4 is 5.91 Å². The smallest absolute Gasteiger partial charge is 0.260 e. The van der Waals surface area contributed by atoms with Gasteiger partial charge in [0.25, 0.3) is 5.91 Å². The van der Waals surface area contributed by atoms with Gasteiger partial charge in [0, 0.05) is 36.3 Å². The summed E-state index contributed by atoms with van der Waals surface area (Å²) in [6.45, 7) is 1.00. The third kappa shape index (κ3) is 3.18. The van der Waals surface area contributed by atoms with Crippen LogP contribution in [0.3, 0.4) is 0 Å². The molecule has 27 heavy (non-hydrogen) atoms. The minimum absolute atomic E-state index is 0.00744. The number of aromatic nitrogens is 2. The zero-order chi connectivity index (χ0) is 18.8. The van der Waals surface area contributed by atoms with Gasteiger partial charge in [-0.25, -0.2) is 4.39 Å². The number of aromatic amines is 1. The van der Waals surface area contributed by atoms with Gasteiger partial charge in [0.15, 0.2) is 0 Å². The molecule has 0 fully saturated rings. The molecule has 6 heteroatoms. The van der Waals surface area contributed by atoms with E-state index in [4.69, 9.17) is 4.74 Å². The van der Waals surface area contributed by atoms with Crippen LogP contribution in [0.5, 0.6) is 5.75 Å². The predicted molar refractivity (Wildman–Crippen MR) is 100 cm³/mol. The van der Waals surface area contributed by atoms with Crippen LogP contribution in [-0.4, -0.2) is 41.2 Å². The van der Waals surface area contributed by atoms with Crippen LogP contribution in [0.1, 0.15) is 21.6 Å². The lowest BCUT2D eigenvalue weighted by atomic mass is 10.0. The molecule has 2 aromatic carbocycles. The van der Waals surface area contributed by atoms with E-state index in [-0.39, 0.29) is 17.2 Å². The Morgan fingerprint density at radius 3 is 2.67 bits per heavy atom. The van der Waals surface area contributed by atoms with E-state index in [0.717, 1.165) is 22.5 Å². The van der Waals surface area contributed by atoms with Crippen molar-refractivity contribution in [1.82, 2.24) is 15.1 Å². The van der Waals surface area contributed by atoms with Crippen LogP contribution in [0.15, 0.2) is 48.5 Å². The summed E-state index contributed by atoms with van der Waals surface area (Å²) in [5, 5.41) is 7.58. The molecule has 1 amide bonds. The number of amides is 1. The van der Waals surface area contributed by atoms with E-state index in [0.29, 0.717) is 25.9 Å². The number of H-pyrrole nitrogens is 1. The lowest BCUT2D eigenvalue weighted by Gasteiger charge is -2.21. The predicted octanol–water partition coefficient (Wildman–Crippen LogP) is 3.47. The van der Waals surface area contributed by atoms with E-state index >= 15 is 0 Å². The number of carbonyl (C=O) groups excluding carboxylic acids is 1. The highest BCUT2D eigenvalue weighted by atomic mass is 19.1. The Labute approximate surface area is 156 Å². The molecule has 1 aliphatic rings. The molecular formula is C21H20FN3O2. The molecule has 138 valence electrons. The normalized spacial score (nSPS) is 13.8. The van der Waals surface area contributed by atoms with Crippen LogP contribution in [0, 0.1) is 5.82 Å². The number of fused-ring (bicyclic) bond motifs is 1. The Hall–Kier alpha value is -3.15. The summed E-state index contributed by atoms with van der Waals surface area (Å²) < 4.78 is 19.5. The average molecular weight is 365 g/mol. The molecule has 3 aromatic rings. The summed E-state index contributed by atoms with van der Waals surface area (Å²) in [5.41, 5.74) is 4.11. The first-order valence-electron chi connectivity index (χ1n) is 8.92. The van der Waals surface area contributed by atoms with Crippen molar-refractivity contribution in [3.05, 3.63) is 71.2 Å². The number of hydrogen-bond donors (Lipinski definition) is 1. The highest BCUT2D eigenvalue weighted by molar-refractivity contribution is 5.97. The molecule has 0 saturated heterocycles. The molecule has 2 heterocycles. The summed E-state index contributed by atoms with van der Waals surface area (Å²) in [5.74, 6) is -0.646. The second-order valence-electron chi connectivity index (χ2n) is 6.50. The molecule has 1 aliphatic heterocycles. The van der Waals surface area contributed by atoms with Crippen LogP contribution in [-0.2, 0) is 12.8 Å². The largest absolute Gasteiger partial charge is 0.496 e. The average Bonchev–Trinajstić information content (AvgIpc) is 2.99. The van der Waals surface area contributed by atoms with E-state index in [1.165, 1.54) is 19.2 Å². The Morgan fingerprint density at radius 2 is 1.89 bits per heavy atom. The van der Waals surface area contributed by atoms with E-state index in [9.17, 15) is 9.18 Å². The third-order valence-corrected chi connectivity index (χ3v) is 4.96. The topological polar surface area (TPSA) is 58.2 Å². The molecule has 1 aromatic heterocycles. The molecule has 0 bridgehead atoms. The summed E-state index contributed by atoms with van der Waals surface area (Å²) in [4.78, 5) is 14.6. The maximum absolute atomic E-state index is 14.3. The standard InChI is InChI=1S/C21H20FN3O2/c1-27-18-9-5-8-16(22)19(18)21(26)25-12-10-15-17(11-13-25)23-24-20(15)14-6-3-2-4-7-14/h2-9H,10-13H2,1H3,(H,23,24). The Morgan fingerprint density at radius 1 is 1.11 bits per heavy atom. The van der Waals surface area contributed by atoms with Gasteiger partial charge in [-0.1, -0.05) is 36.4 Å². The van der Waals surface area contributed by atoms with E-state index in [1.807, 2.05) is 30.3 Å². The van der Waals surface area contributed by atoms with Gasteiger partial charge >= 0.3 is 0 Å². The first-order chi connectivity index (χ1) is 13.2. The third-order valence-electron chi connectivity index (χ3n) is 4.96. The Bertz CT molecular complexity index is 969. The molecule has 0 saturated carbocycles. The van der Waals surface area contributed by atoms with E-state index in [1.54, 1.807) is 11.0 Å². The minimum atomic E-state index is -0.561. The maximum Gasteiger partial charge on any atom is 0.260 e. The van der Waals surface area contributed by atoms with Crippen molar-refractivity contribution in [1.29, 1.82) is 0 Å². The Balaban J connectivity index is 1.60. The fraction of sp³-hybridized carbons (Fsp3) is 0.238. The SMILES string of the molecule is COc1cccc(F)c1C(=O)N1CCc2[nH]nc(-c3ccccc3)c2CC1. The molecule has 5 nitrogen and oxygen atoms in total. The van der Waals surface area contributed by atoms with Crippen molar-refractivity contribution in [3.63, 3.8) is 0 Å². The molecule has 4 rings (SSSR count). The van der Waals surface area contributed by atoms with Gasteiger partial charge in [-0.3, -0.25) is 9.89 Å². The van der Waals surface area contributed by atoms with Crippen molar-refractivity contribution in [3.8, 4) is 17.0 Å². The number of rotatable bonds is 3. The van der Waals surface area contributed by atoms with E-state index in [2.05, 4.69) is 10.2 Å². The quantitative estimate of drug-likeness (QED) is 0.773. The minimum Gasteiger partial charge on any atom is -0.496 e. The molecule has 0 unspecified atom stereocenters. The summed E-state index contributed by atoms with van der Waals surface area (Å²) >= 11 is 0. The number of nitrogens with one attached hydrogen (secondary N) is 1. The van der Waals surface area contributed by atoms with Gasteiger partial charge in [-0.15, -0.1) is 0 Å². The monoisotopic (exact) mass is 365 g/mol. The summed E-state index contributed by atoms with van der Waals surface area (Å²) in [6.07, 6.45) is 1.32. The number of methoxy groups -OCH3 is 1. The molecule has 0 aliphatic carbocycles. The maximum atomic E-state index is 14.3. The number of nitrogens with zero attached hydrogens (tertiary/aromatic N) is 2. The molecule has 0 spiro atoms. The van der Waals surface area contributed by atoms with Crippen molar-refractivity contribution in [2.45, 2.75) is 12.8 Å². The molecule has 0 radical (unpaired) electrons. The lowest BCUT2D eigenvalue weighted by molar-refractivity contribution is 0.0754. The second-order valence-corrected chi connectivity index (χ2v) is 6.50. The highest BCUT2D eigenvalue weighted by Gasteiger charge is 2.27. The number of carbonyl (C=O) groups is 1.